The predicted octanol–water partition coefficient (Wildman–Crippen LogP) is 3.12. The third-order valence-corrected chi connectivity index (χ3v) is 4.32. The number of hydrogen-bond acceptors (Lipinski definition) is 7. The Morgan fingerprint density at radius 2 is 1.93 bits per heavy atom. The second-order valence-electron chi connectivity index (χ2n) is 6.24. The fraction of sp³-hybridized carbons (Fsp3) is 0.200. The number of benzene rings is 2. The van der Waals surface area contributed by atoms with E-state index in [-0.39, 0.29) is 5.82 Å². The van der Waals surface area contributed by atoms with Crippen molar-refractivity contribution >= 4 is 17.0 Å². The fourth-order valence-electron chi connectivity index (χ4n) is 3.05. The summed E-state index contributed by atoms with van der Waals surface area (Å²) in [6, 6.07) is 12.5. The quantitative estimate of drug-likeness (QED) is 0.515. The molecule has 29 heavy (non-hydrogen) atoms. The molecule has 2 aromatic heterocycles. The van der Waals surface area contributed by atoms with Crippen molar-refractivity contribution in [2.24, 2.45) is 0 Å². The summed E-state index contributed by atoms with van der Waals surface area (Å²) in [7, 11) is 3.17. The molecule has 0 aliphatic rings. The third kappa shape index (κ3) is 3.85. The van der Waals surface area contributed by atoms with Gasteiger partial charge in [0.2, 0.25) is 11.9 Å². The van der Waals surface area contributed by atoms with Crippen molar-refractivity contribution in [3.05, 3.63) is 65.7 Å². The molecule has 0 spiro atoms. The van der Waals surface area contributed by atoms with Gasteiger partial charge in [-0.2, -0.15) is 9.97 Å². The van der Waals surface area contributed by atoms with E-state index in [9.17, 15) is 4.39 Å². The van der Waals surface area contributed by atoms with Gasteiger partial charge in [0.1, 0.15) is 12.1 Å². The Morgan fingerprint density at radius 3 is 2.72 bits per heavy atom. The van der Waals surface area contributed by atoms with Crippen LogP contribution in [0, 0.1) is 5.82 Å². The monoisotopic (exact) mass is 394 g/mol. The van der Waals surface area contributed by atoms with Crippen LogP contribution in [-0.2, 0) is 17.9 Å². The van der Waals surface area contributed by atoms with Gasteiger partial charge in [-0.25, -0.2) is 18.9 Å². The smallest absolute Gasteiger partial charge is 0.304 e. The Kier molecular flexibility index (Phi) is 5.30. The van der Waals surface area contributed by atoms with E-state index in [4.69, 9.17) is 9.47 Å². The van der Waals surface area contributed by atoms with Crippen LogP contribution in [0.15, 0.2) is 48.8 Å². The zero-order valence-corrected chi connectivity index (χ0v) is 16.0. The van der Waals surface area contributed by atoms with Crippen LogP contribution in [-0.4, -0.2) is 38.7 Å². The van der Waals surface area contributed by atoms with Crippen LogP contribution >= 0.6 is 0 Å². The molecule has 8 nitrogen and oxygen atoms in total. The number of fused-ring (bicyclic) bond motifs is 1. The zero-order chi connectivity index (χ0) is 20.2. The first-order valence-electron chi connectivity index (χ1n) is 8.90. The summed E-state index contributed by atoms with van der Waals surface area (Å²) in [6.07, 6.45) is 1.40. The second kappa shape index (κ2) is 8.19. The van der Waals surface area contributed by atoms with Gasteiger partial charge in [-0.05, 0) is 23.8 Å². The highest BCUT2D eigenvalue weighted by atomic mass is 19.1. The first kappa shape index (κ1) is 18.8. The number of nitrogens with one attached hydrogen (secondary N) is 1. The molecular weight excluding hydrogens is 375 g/mol. The van der Waals surface area contributed by atoms with Gasteiger partial charge in [-0.15, -0.1) is 0 Å². The summed E-state index contributed by atoms with van der Waals surface area (Å²) in [5.41, 5.74) is 3.25. The predicted molar refractivity (Wildman–Crippen MR) is 105 cm³/mol. The van der Waals surface area contributed by atoms with Crippen molar-refractivity contribution in [1.82, 2.24) is 24.5 Å². The summed E-state index contributed by atoms with van der Waals surface area (Å²) in [5, 5.41) is 3.08. The maximum absolute atomic E-state index is 13.4. The third-order valence-electron chi connectivity index (χ3n) is 4.32. The topological polar surface area (TPSA) is 87.0 Å². The molecule has 0 unspecified atom stereocenters. The van der Waals surface area contributed by atoms with Crippen LogP contribution in [0.3, 0.4) is 0 Å². The summed E-state index contributed by atoms with van der Waals surface area (Å²) >= 11 is 0. The van der Waals surface area contributed by atoms with E-state index in [1.54, 1.807) is 17.7 Å². The molecule has 0 saturated heterocycles. The molecule has 0 fully saturated rings. The van der Waals surface area contributed by atoms with E-state index in [0.717, 1.165) is 22.2 Å². The van der Waals surface area contributed by atoms with Crippen molar-refractivity contribution in [1.29, 1.82) is 0 Å². The number of methoxy groups -OCH3 is 2. The molecule has 0 aliphatic heterocycles. The molecule has 0 radical (unpaired) electrons. The molecule has 2 aromatic carbocycles. The van der Waals surface area contributed by atoms with E-state index >= 15 is 0 Å². The molecule has 0 amide bonds. The minimum absolute atomic E-state index is 0.290. The average Bonchev–Trinajstić information content (AvgIpc) is 3.12. The summed E-state index contributed by atoms with van der Waals surface area (Å²) in [4.78, 5) is 17.5. The summed E-state index contributed by atoms with van der Waals surface area (Å²) in [5.74, 6) is 0.425. The highest BCUT2D eigenvalue weighted by Gasteiger charge is 2.18. The number of para-hydroxylation sites is 1. The number of rotatable bonds is 7. The summed E-state index contributed by atoms with van der Waals surface area (Å²) in [6.45, 7) is 0.802. The number of anilines is 1. The Morgan fingerprint density at radius 1 is 1.07 bits per heavy atom. The second-order valence-corrected chi connectivity index (χ2v) is 6.24. The van der Waals surface area contributed by atoms with E-state index in [1.165, 1.54) is 25.6 Å². The number of hydrogen-bond donors (Lipinski definition) is 1. The van der Waals surface area contributed by atoms with Gasteiger partial charge in [-0.1, -0.05) is 24.3 Å². The molecule has 0 atom stereocenters. The maximum atomic E-state index is 13.4. The van der Waals surface area contributed by atoms with Crippen LogP contribution in [0.2, 0.25) is 0 Å². The van der Waals surface area contributed by atoms with E-state index in [2.05, 4.69) is 25.3 Å². The highest BCUT2D eigenvalue weighted by Crippen LogP contribution is 2.27. The van der Waals surface area contributed by atoms with Crippen LogP contribution in [0.5, 0.6) is 6.01 Å². The molecule has 2 heterocycles. The van der Waals surface area contributed by atoms with Gasteiger partial charge in [0.15, 0.2) is 0 Å². The lowest BCUT2D eigenvalue weighted by Crippen LogP contribution is -2.09. The van der Waals surface area contributed by atoms with Crippen LogP contribution in [0.4, 0.5) is 10.3 Å². The van der Waals surface area contributed by atoms with Gasteiger partial charge in [0, 0.05) is 19.2 Å². The number of halogens is 1. The first-order chi connectivity index (χ1) is 14.2. The lowest BCUT2D eigenvalue weighted by atomic mass is 10.2. The Balaban J connectivity index is 1.69. The molecule has 4 aromatic rings. The number of imidazole rings is 1. The van der Waals surface area contributed by atoms with Crippen molar-refractivity contribution in [2.45, 2.75) is 13.2 Å². The lowest BCUT2D eigenvalue weighted by Gasteiger charge is -2.09. The molecule has 1 N–H and O–H groups in total. The Labute approximate surface area is 166 Å². The molecule has 9 heteroatoms. The molecular formula is C20H19FN6O2. The first-order valence-corrected chi connectivity index (χ1v) is 8.90. The van der Waals surface area contributed by atoms with Crippen LogP contribution < -0.4 is 10.1 Å². The number of ether oxygens (including phenoxy) is 2. The number of nitrogens with zero attached hydrogens (tertiary/aromatic N) is 5. The molecule has 0 aliphatic carbocycles. The van der Waals surface area contributed by atoms with Gasteiger partial charge in [0.05, 0.1) is 24.8 Å². The molecule has 4 rings (SSSR count). The van der Waals surface area contributed by atoms with E-state index in [1.807, 2.05) is 24.3 Å². The molecule has 148 valence electrons. The highest BCUT2D eigenvalue weighted by molar-refractivity contribution is 5.81. The van der Waals surface area contributed by atoms with Gasteiger partial charge >= 0.3 is 6.01 Å². The molecule has 0 saturated carbocycles. The standard InChI is InChI=1S/C20H19FN6O2/c1-28-11-14-6-4-8-16-17(14)25-20(29-2)27(16)19-24-12-23-18(26-19)22-10-13-5-3-7-15(21)9-13/h3-9,12H,10-11H2,1-2H3,(H,22,23,24,26). The Hall–Kier alpha value is -3.59. The average molecular weight is 394 g/mol. The van der Waals surface area contributed by atoms with Gasteiger partial charge in [0.25, 0.3) is 0 Å². The lowest BCUT2D eigenvalue weighted by molar-refractivity contribution is 0.186. The van der Waals surface area contributed by atoms with E-state index < -0.39 is 0 Å². The number of aromatic nitrogens is 5. The van der Waals surface area contributed by atoms with E-state index in [0.29, 0.717) is 31.1 Å². The van der Waals surface area contributed by atoms with Crippen LogP contribution in [0.1, 0.15) is 11.1 Å². The minimum atomic E-state index is -0.290. The molecule has 0 bridgehead atoms. The van der Waals surface area contributed by atoms with Crippen molar-refractivity contribution < 1.29 is 13.9 Å². The van der Waals surface area contributed by atoms with Gasteiger partial charge in [-0.3, -0.25) is 0 Å². The van der Waals surface area contributed by atoms with Crippen molar-refractivity contribution in [2.75, 3.05) is 19.5 Å². The van der Waals surface area contributed by atoms with Crippen LogP contribution in [0.25, 0.3) is 17.0 Å². The largest absolute Gasteiger partial charge is 0.468 e. The zero-order valence-electron chi connectivity index (χ0n) is 16.0. The SMILES string of the molecule is COCc1cccc2c1nc(OC)n2-c1ncnc(NCc2cccc(F)c2)n1. The van der Waals surface area contributed by atoms with Crippen molar-refractivity contribution in [3.63, 3.8) is 0 Å². The van der Waals surface area contributed by atoms with Crippen molar-refractivity contribution in [3.8, 4) is 12.0 Å². The summed E-state index contributed by atoms with van der Waals surface area (Å²) < 4.78 is 25.8. The minimum Gasteiger partial charge on any atom is -0.468 e. The Bertz CT molecular complexity index is 1150. The van der Waals surface area contributed by atoms with Gasteiger partial charge < -0.3 is 14.8 Å². The maximum Gasteiger partial charge on any atom is 0.304 e. The normalized spacial score (nSPS) is 11.0. The fourth-order valence-corrected chi connectivity index (χ4v) is 3.05.